The van der Waals surface area contributed by atoms with Crippen molar-refractivity contribution >= 4 is 17.2 Å². The minimum atomic E-state index is -0.258. The molecule has 4 heterocycles. The fourth-order valence-corrected chi connectivity index (χ4v) is 4.37. The first-order valence-electron chi connectivity index (χ1n) is 9.78. The standard InChI is InChI=1S/C22H23N5O/c1-2-6-20-19(5-1)22(28-15-14-27(20)18-4-3-9-23-16-18)7-12-26(13-8-22)21-17-24-10-11-25-21/h1-6,9-11,16-17H,7-8,12-15H2. The highest BCUT2D eigenvalue weighted by molar-refractivity contribution is 5.67. The topological polar surface area (TPSA) is 54.4 Å². The number of pyridine rings is 1. The lowest BCUT2D eigenvalue weighted by atomic mass is 9.83. The van der Waals surface area contributed by atoms with E-state index in [4.69, 9.17) is 4.74 Å². The van der Waals surface area contributed by atoms with Crippen molar-refractivity contribution in [1.82, 2.24) is 15.0 Å². The second-order valence-corrected chi connectivity index (χ2v) is 7.27. The number of rotatable bonds is 2. The van der Waals surface area contributed by atoms with E-state index in [1.807, 2.05) is 24.7 Å². The molecule has 6 heteroatoms. The average Bonchev–Trinajstić information content (AvgIpc) is 2.93. The van der Waals surface area contributed by atoms with Crippen LogP contribution in [-0.4, -0.2) is 41.2 Å². The van der Waals surface area contributed by atoms with Crippen molar-refractivity contribution < 1.29 is 4.74 Å². The van der Waals surface area contributed by atoms with E-state index in [2.05, 4.69) is 55.1 Å². The molecule has 1 aromatic carbocycles. The van der Waals surface area contributed by atoms with Crippen LogP contribution in [0.15, 0.2) is 67.4 Å². The van der Waals surface area contributed by atoms with E-state index in [-0.39, 0.29) is 5.60 Å². The van der Waals surface area contributed by atoms with Gasteiger partial charge in [-0.15, -0.1) is 0 Å². The van der Waals surface area contributed by atoms with Gasteiger partial charge in [0, 0.05) is 49.5 Å². The van der Waals surface area contributed by atoms with Gasteiger partial charge in [0.05, 0.1) is 30.3 Å². The molecule has 0 saturated carbocycles. The van der Waals surface area contributed by atoms with Crippen molar-refractivity contribution in [3.63, 3.8) is 0 Å². The zero-order valence-electron chi connectivity index (χ0n) is 15.7. The summed E-state index contributed by atoms with van der Waals surface area (Å²) in [7, 11) is 0. The number of benzene rings is 1. The van der Waals surface area contributed by atoms with Crippen molar-refractivity contribution in [2.75, 3.05) is 36.0 Å². The number of anilines is 3. The summed E-state index contributed by atoms with van der Waals surface area (Å²) in [5.74, 6) is 0.941. The van der Waals surface area contributed by atoms with E-state index in [9.17, 15) is 0 Å². The van der Waals surface area contributed by atoms with Crippen LogP contribution in [0, 0.1) is 0 Å². The van der Waals surface area contributed by atoms with Crippen LogP contribution in [0.5, 0.6) is 0 Å². The second-order valence-electron chi connectivity index (χ2n) is 7.27. The van der Waals surface area contributed by atoms with E-state index in [0.717, 1.165) is 44.0 Å². The zero-order valence-corrected chi connectivity index (χ0v) is 15.7. The van der Waals surface area contributed by atoms with Gasteiger partial charge < -0.3 is 14.5 Å². The van der Waals surface area contributed by atoms with Crippen molar-refractivity contribution in [1.29, 1.82) is 0 Å². The maximum Gasteiger partial charge on any atom is 0.147 e. The van der Waals surface area contributed by atoms with Crippen LogP contribution >= 0.6 is 0 Å². The van der Waals surface area contributed by atoms with Gasteiger partial charge in [-0.3, -0.25) is 9.97 Å². The number of fused-ring (bicyclic) bond motifs is 2. The zero-order chi connectivity index (χ0) is 18.8. The molecule has 0 bridgehead atoms. The van der Waals surface area contributed by atoms with Gasteiger partial charge in [-0.1, -0.05) is 18.2 Å². The molecule has 1 spiro atoms. The predicted molar refractivity (Wildman–Crippen MR) is 109 cm³/mol. The maximum absolute atomic E-state index is 6.57. The number of hydrogen-bond acceptors (Lipinski definition) is 6. The second kappa shape index (κ2) is 7.20. The first-order chi connectivity index (χ1) is 13.9. The Kier molecular flexibility index (Phi) is 4.41. The molecular formula is C22H23N5O. The molecule has 1 fully saturated rings. The van der Waals surface area contributed by atoms with Gasteiger partial charge >= 0.3 is 0 Å². The minimum absolute atomic E-state index is 0.258. The fourth-order valence-electron chi connectivity index (χ4n) is 4.37. The number of nitrogens with zero attached hydrogens (tertiary/aromatic N) is 5. The molecule has 0 aliphatic carbocycles. The van der Waals surface area contributed by atoms with Crippen molar-refractivity contribution in [3.8, 4) is 0 Å². The van der Waals surface area contributed by atoms with Crippen molar-refractivity contribution in [2.45, 2.75) is 18.4 Å². The Bertz CT molecular complexity index is 926. The number of hydrogen-bond donors (Lipinski definition) is 0. The predicted octanol–water partition coefficient (Wildman–Crippen LogP) is 3.54. The van der Waals surface area contributed by atoms with Gasteiger partial charge in [0.1, 0.15) is 5.82 Å². The lowest BCUT2D eigenvalue weighted by Gasteiger charge is -2.42. The van der Waals surface area contributed by atoms with Crippen molar-refractivity contribution in [3.05, 3.63) is 72.9 Å². The monoisotopic (exact) mass is 373 g/mol. The summed E-state index contributed by atoms with van der Waals surface area (Å²) in [5, 5.41) is 0. The van der Waals surface area contributed by atoms with Crippen molar-refractivity contribution in [2.24, 2.45) is 0 Å². The van der Waals surface area contributed by atoms with Crippen LogP contribution in [0.1, 0.15) is 18.4 Å². The van der Waals surface area contributed by atoms with Crippen LogP contribution in [-0.2, 0) is 10.3 Å². The Morgan fingerprint density at radius 2 is 1.71 bits per heavy atom. The highest BCUT2D eigenvalue weighted by Crippen LogP contribution is 2.45. The molecule has 0 N–H and O–H groups in total. The minimum Gasteiger partial charge on any atom is -0.368 e. The summed E-state index contributed by atoms with van der Waals surface area (Å²) in [6, 6.07) is 12.7. The summed E-state index contributed by atoms with van der Waals surface area (Å²) in [6.45, 7) is 3.31. The van der Waals surface area contributed by atoms with Crippen LogP contribution in [0.3, 0.4) is 0 Å². The lowest BCUT2D eigenvalue weighted by Crippen LogP contribution is -2.44. The SMILES string of the molecule is c1cncc(N2CCOC3(CCN(c4cnccn4)CC3)c3ccccc32)c1. The molecule has 2 aliphatic rings. The first kappa shape index (κ1) is 17.1. The molecule has 6 nitrogen and oxygen atoms in total. The highest BCUT2D eigenvalue weighted by atomic mass is 16.5. The summed E-state index contributed by atoms with van der Waals surface area (Å²) in [5.41, 5.74) is 3.34. The lowest BCUT2D eigenvalue weighted by molar-refractivity contribution is -0.0603. The summed E-state index contributed by atoms with van der Waals surface area (Å²) >= 11 is 0. The molecular weight excluding hydrogens is 350 g/mol. The molecule has 3 aromatic rings. The first-order valence-corrected chi connectivity index (χ1v) is 9.78. The molecule has 0 radical (unpaired) electrons. The van der Waals surface area contributed by atoms with Crippen LogP contribution < -0.4 is 9.80 Å². The van der Waals surface area contributed by atoms with Gasteiger partial charge in [0.2, 0.25) is 0 Å². The number of ether oxygens (including phenoxy) is 1. The molecule has 2 aromatic heterocycles. The largest absolute Gasteiger partial charge is 0.368 e. The molecule has 28 heavy (non-hydrogen) atoms. The Labute approximate surface area is 164 Å². The van der Waals surface area contributed by atoms with E-state index in [1.165, 1.54) is 11.3 Å². The molecule has 142 valence electrons. The summed E-state index contributed by atoms with van der Waals surface area (Å²) in [4.78, 5) is 17.6. The molecule has 5 rings (SSSR count). The smallest absolute Gasteiger partial charge is 0.147 e. The van der Waals surface area contributed by atoms with E-state index < -0.39 is 0 Å². The Morgan fingerprint density at radius 3 is 2.50 bits per heavy atom. The molecule has 0 unspecified atom stereocenters. The quantitative estimate of drug-likeness (QED) is 0.685. The molecule has 1 saturated heterocycles. The summed E-state index contributed by atoms with van der Waals surface area (Å²) in [6.07, 6.45) is 10.9. The van der Waals surface area contributed by atoms with Crippen LogP contribution in [0.4, 0.5) is 17.2 Å². The van der Waals surface area contributed by atoms with Gasteiger partial charge in [0.25, 0.3) is 0 Å². The van der Waals surface area contributed by atoms with Crippen LogP contribution in [0.25, 0.3) is 0 Å². The molecule has 0 amide bonds. The third-order valence-corrected chi connectivity index (χ3v) is 5.78. The van der Waals surface area contributed by atoms with E-state index in [1.54, 1.807) is 12.4 Å². The van der Waals surface area contributed by atoms with Gasteiger partial charge in [-0.05, 0) is 31.0 Å². The Balaban J connectivity index is 1.47. The number of aromatic nitrogens is 3. The third-order valence-electron chi connectivity index (χ3n) is 5.78. The average molecular weight is 373 g/mol. The number of piperidine rings is 1. The van der Waals surface area contributed by atoms with E-state index in [0.29, 0.717) is 6.61 Å². The number of para-hydroxylation sites is 1. The molecule has 0 atom stereocenters. The van der Waals surface area contributed by atoms with Gasteiger partial charge in [0.15, 0.2) is 0 Å². The molecule has 2 aliphatic heterocycles. The van der Waals surface area contributed by atoms with Crippen LogP contribution in [0.2, 0.25) is 0 Å². The Hall–Kier alpha value is -2.99. The fraction of sp³-hybridized carbons (Fsp3) is 0.318. The normalized spacial score (nSPS) is 18.6. The van der Waals surface area contributed by atoms with Gasteiger partial charge in [-0.2, -0.15) is 0 Å². The van der Waals surface area contributed by atoms with Gasteiger partial charge in [-0.25, -0.2) is 4.98 Å². The maximum atomic E-state index is 6.57. The Morgan fingerprint density at radius 1 is 0.857 bits per heavy atom. The summed E-state index contributed by atoms with van der Waals surface area (Å²) < 4.78 is 6.57. The third kappa shape index (κ3) is 2.99. The highest BCUT2D eigenvalue weighted by Gasteiger charge is 2.41. The van der Waals surface area contributed by atoms with E-state index >= 15 is 0 Å².